The molecule has 0 atom stereocenters. The molecule has 33 heavy (non-hydrogen) atoms. The summed E-state index contributed by atoms with van der Waals surface area (Å²) in [6.45, 7) is 1.78. The van der Waals surface area contributed by atoms with Crippen LogP contribution in [0.3, 0.4) is 0 Å². The van der Waals surface area contributed by atoms with Crippen molar-refractivity contribution in [3.8, 4) is 22.4 Å². The summed E-state index contributed by atoms with van der Waals surface area (Å²) in [5.74, 6) is -0.305. The molecule has 1 heterocycles. The van der Waals surface area contributed by atoms with Gasteiger partial charge in [0, 0.05) is 23.0 Å². The first-order valence-corrected chi connectivity index (χ1v) is 10.4. The lowest BCUT2D eigenvalue weighted by atomic mass is 9.98. The van der Waals surface area contributed by atoms with Crippen molar-refractivity contribution in [3.05, 3.63) is 107 Å². The minimum absolute atomic E-state index is 0.305. The second-order valence-electron chi connectivity index (χ2n) is 7.47. The number of carbonyl (C=O) groups is 1. The van der Waals surface area contributed by atoms with Crippen molar-refractivity contribution in [2.45, 2.75) is 13.1 Å². The molecule has 166 valence electrons. The van der Waals surface area contributed by atoms with Crippen molar-refractivity contribution >= 4 is 23.2 Å². The molecular weight excluding hydrogens is 449 g/mol. The third-order valence-corrected chi connectivity index (χ3v) is 5.51. The largest absolute Gasteiger partial charge is 0.416 e. The first kappa shape index (κ1) is 22.6. The summed E-state index contributed by atoms with van der Waals surface area (Å²) in [4.78, 5) is 17.2. The molecule has 7 heteroatoms. The molecule has 0 saturated heterocycles. The third-order valence-electron chi connectivity index (χ3n) is 5.18. The number of halogens is 4. The average molecular weight is 467 g/mol. The smallest absolute Gasteiger partial charge is 0.322 e. The summed E-state index contributed by atoms with van der Waals surface area (Å²) in [5, 5.41) is 3.39. The van der Waals surface area contributed by atoms with E-state index in [4.69, 9.17) is 11.6 Å². The number of pyridine rings is 1. The molecule has 1 aromatic heterocycles. The van der Waals surface area contributed by atoms with Gasteiger partial charge in [0.1, 0.15) is 0 Å². The van der Waals surface area contributed by atoms with E-state index in [1.807, 2.05) is 12.1 Å². The molecule has 4 rings (SSSR count). The van der Waals surface area contributed by atoms with Crippen molar-refractivity contribution in [2.24, 2.45) is 0 Å². The van der Waals surface area contributed by atoms with Crippen LogP contribution in [0.1, 0.15) is 21.5 Å². The van der Waals surface area contributed by atoms with Crippen molar-refractivity contribution in [2.75, 3.05) is 5.32 Å². The van der Waals surface area contributed by atoms with Crippen LogP contribution in [0.25, 0.3) is 22.4 Å². The highest BCUT2D eigenvalue weighted by Crippen LogP contribution is 2.32. The summed E-state index contributed by atoms with van der Waals surface area (Å²) in [5.41, 5.74) is 3.77. The minimum atomic E-state index is -4.38. The molecular formula is C26H18ClF3N2O. The molecule has 0 spiro atoms. The van der Waals surface area contributed by atoms with E-state index >= 15 is 0 Å². The van der Waals surface area contributed by atoms with Crippen LogP contribution in [0.2, 0.25) is 5.02 Å². The predicted octanol–water partition coefficient (Wildman–Crippen LogP) is 7.65. The van der Waals surface area contributed by atoms with Gasteiger partial charge in [-0.15, -0.1) is 0 Å². The van der Waals surface area contributed by atoms with Gasteiger partial charge in [-0.05, 0) is 72.1 Å². The Morgan fingerprint density at radius 1 is 0.909 bits per heavy atom. The van der Waals surface area contributed by atoms with E-state index in [2.05, 4.69) is 10.3 Å². The quantitative estimate of drug-likeness (QED) is 0.335. The van der Waals surface area contributed by atoms with Crippen LogP contribution in [0.15, 0.2) is 85.1 Å². The molecule has 0 aliphatic heterocycles. The Hall–Kier alpha value is -3.64. The molecule has 0 bridgehead atoms. The van der Waals surface area contributed by atoms with Gasteiger partial charge in [0.25, 0.3) is 5.91 Å². The van der Waals surface area contributed by atoms with Gasteiger partial charge in [-0.25, -0.2) is 0 Å². The standard InChI is InChI=1S/C26H18ClF3N2O/c1-16-14-18(17-5-8-19(9-6-17)26(28,29)30)7-11-21(16)25(33)32-20-10-12-23(27)22(15-20)24-4-2-3-13-31-24/h2-15H,1H3,(H,32,33). The zero-order valence-electron chi connectivity index (χ0n) is 17.5. The maximum atomic E-state index is 12.9. The van der Waals surface area contributed by atoms with E-state index in [1.54, 1.807) is 55.6 Å². The Morgan fingerprint density at radius 2 is 1.64 bits per heavy atom. The summed E-state index contributed by atoms with van der Waals surface area (Å²) < 4.78 is 38.4. The van der Waals surface area contributed by atoms with Gasteiger partial charge in [0.2, 0.25) is 0 Å². The SMILES string of the molecule is Cc1cc(-c2ccc(C(F)(F)F)cc2)ccc1C(=O)Nc1ccc(Cl)c(-c2ccccn2)c1. The zero-order valence-corrected chi connectivity index (χ0v) is 18.2. The van der Waals surface area contributed by atoms with E-state index < -0.39 is 11.7 Å². The first-order chi connectivity index (χ1) is 15.7. The maximum absolute atomic E-state index is 12.9. The van der Waals surface area contributed by atoms with Gasteiger partial charge >= 0.3 is 6.18 Å². The van der Waals surface area contributed by atoms with Crippen LogP contribution in [-0.4, -0.2) is 10.9 Å². The summed E-state index contributed by atoms with van der Waals surface area (Å²) in [7, 11) is 0. The van der Waals surface area contributed by atoms with Gasteiger partial charge < -0.3 is 5.32 Å². The molecule has 0 aliphatic rings. The Morgan fingerprint density at radius 3 is 2.27 bits per heavy atom. The second-order valence-corrected chi connectivity index (χ2v) is 7.88. The highest BCUT2D eigenvalue weighted by Gasteiger charge is 2.30. The highest BCUT2D eigenvalue weighted by atomic mass is 35.5. The minimum Gasteiger partial charge on any atom is -0.322 e. The molecule has 3 nitrogen and oxygen atoms in total. The van der Waals surface area contributed by atoms with Crippen LogP contribution in [-0.2, 0) is 6.18 Å². The molecule has 1 amide bonds. The molecule has 0 unspecified atom stereocenters. The molecule has 0 aliphatic carbocycles. The van der Waals surface area contributed by atoms with E-state index in [0.29, 0.717) is 38.7 Å². The summed E-state index contributed by atoms with van der Waals surface area (Å²) >= 11 is 6.30. The number of aryl methyl sites for hydroxylation is 1. The van der Waals surface area contributed by atoms with Crippen LogP contribution < -0.4 is 5.32 Å². The van der Waals surface area contributed by atoms with Crippen LogP contribution in [0, 0.1) is 6.92 Å². The second kappa shape index (κ2) is 9.08. The molecule has 3 aromatic carbocycles. The van der Waals surface area contributed by atoms with E-state index in [0.717, 1.165) is 17.7 Å². The van der Waals surface area contributed by atoms with Crippen molar-refractivity contribution in [1.82, 2.24) is 4.98 Å². The van der Waals surface area contributed by atoms with Crippen molar-refractivity contribution in [3.63, 3.8) is 0 Å². The lowest BCUT2D eigenvalue weighted by molar-refractivity contribution is -0.137. The Kier molecular flexibility index (Phi) is 6.20. The summed E-state index contributed by atoms with van der Waals surface area (Å²) in [6, 6.07) is 20.7. The Labute approximate surface area is 193 Å². The van der Waals surface area contributed by atoms with Crippen molar-refractivity contribution < 1.29 is 18.0 Å². The topological polar surface area (TPSA) is 42.0 Å². The van der Waals surface area contributed by atoms with Gasteiger partial charge in [-0.3, -0.25) is 9.78 Å². The number of aromatic nitrogens is 1. The fraction of sp³-hybridized carbons (Fsp3) is 0.0769. The number of amides is 1. The van der Waals surface area contributed by atoms with Gasteiger partial charge in [0.15, 0.2) is 0 Å². The first-order valence-electron chi connectivity index (χ1n) is 10.0. The van der Waals surface area contributed by atoms with E-state index in [-0.39, 0.29) is 5.91 Å². The number of nitrogens with zero attached hydrogens (tertiary/aromatic N) is 1. The van der Waals surface area contributed by atoms with Gasteiger partial charge in [-0.2, -0.15) is 13.2 Å². The number of anilines is 1. The number of rotatable bonds is 4. The zero-order chi connectivity index (χ0) is 23.6. The van der Waals surface area contributed by atoms with Gasteiger partial charge in [0.05, 0.1) is 16.3 Å². The number of hydrogen-bond acceptors (Lipinski definition) is 2. The van der Waals surface area contributed by atoms with Crippen LogP contribution in [0.5, 0.6) is 0 Å². The van der Waals surface area contributed by atoms with E-state index in [1.165, 1.54) is 12.1 Å². The number of nitrogens with one attached hydrogen (secondary N) is 1. The monoisotopic (exact) mass is 466 g/mol. The third kappa shape index (κ3) is 5.07. The Balaban J connectivity index is 1.55. The summed E-state index contributed by atoms with van der Waals surface area (Å²) in [6.07, 6.45) is -2.72. The van der Waals surface area contributed by atoms with E-state index in [9.17, 15) is 18.0 Å². The fourth-order valence-electron chi connectivity index (χ4n) is 3.47. The lowest BCUT2D eigenvalue weighted by Gasteiger charge is -2.12. The highest BCUT2D eigenvalue weighted by molar-refractivity contribution is 6.33. The molecule has 4 aromatic rings. The molecule has 1 N–H and O–H groups in total. The van der Waals surface area contributed by atoms with Crippen molar-refractivity contribution in [1.29, 1.82) is 0 Å². The van der Waals surface area contributed by atoms with Crippen LogP contribution in [0.4, 0.5) is 18.9 Å². The Bertz CT molecular complexity index is 1300. The number of carbonyl (C=O) groups excluding carboxylic acids is 1. The molecule has 0 saturated carbocycles. The number of hydrogen-bond donors (Lipinski definition) is 1. The normalized spacial score (nSPS) is 11.3. The maximum Gasteiger partial charge on any atom is 0.416 e. The molecule has 0 radical (unpaired) electrons. The van der Waals surface area contributed by atoms with Gasteiger partial charge in [-0.1, -0.05) is 41.9 Å². The number of benzene rings is 3. The predicted molar refractivity (Wildman–Crippen MR) is 124 cm³/mol. The average Bonchev–Trinajstić information content (AvgIpc) is 2.80. The lowest BCUT2D eigenvalue weighted by Crippen LogP contribution is -2.13. The molecule has 0 fully saturated rings. The fourth-order valence-corrected chi connectivity index (χ4v) is 3.68. The number of alkyl halides is 3. The van der Waals surface area contributed by atoms with Crippen LogP contribution >= 0.6 is 11.6 Å².